The maximum absolute atomic E-state index is 12.5. The van der Waals surface area contributed by atoms with Crippen molar-refractivity contribution < 1.29 is 4.79 Å². The Morgan fingerprint density at radius 1 is 1.21 bits per heavy atom. The van der Waals surface area contributed by atoms with Gasteiger partial charge in [0.1, 0.15) is 5.82 Å². The Kier molecular flexibility index (Phi) is 4.12. The van der Waals surface area contributed by atoms with Gasteiger partial charge in [0, 0.05) is 31.4 Å². The first-order valence-corrected chi connectivity index (χ1v) is 9.07. The lowest BCUT2D eigenvalue weighted by Gasteiger charge is -2.24. The summed E-state index contributed by atoms with van der Waals surface area (Å²) in [6.45, 7) is 2.82. The van der Waals surface area contributed by atoms with Gasteiger partial charge < -0.3 is 9.88 Å². The first kappa shape index (κ1) is 15.4. The molecule has 1 N–H and O–H groups in total. The van der Waals surface area contributed by atoms with Crippen molar-refractivity contribution in [3.63, 3.8) is 0 Å². The highest BCUT2D eigenvalue weighted by Gasteiger charge is 2.23. The third kappa shape index (κ3) is 3.09. The summed E-state index contributed by atoms with van der Waals surface area (Å²) in [6, 6.07) is 0.628. The summed E-state index contributed by atoms with van der Waals surface area (Å²) in [6.07, 6.45) is 13.8. The van der Waals surface area contributed by atoms with E-state index in [2.05, 4.69) is 26.2 Å². The molecule has 2 aliphatic rings. The first-order valence-electron chi connectivity index (χ1n) is 9.07. The second-order valence-electron chi connectivity index (χ2n) is 7.16. The van der Waals surface area contributed by atoms with Crippen molar-refractivity contribution in [2.24, 2.45) is 0 Å². The van der Waals surface area contributed by atoms with Crippen LogP contribution < -0.4 is 5.32 Å². The number of aromatic nitrogens is 4. The van der Waals surface area contributed by atoms with Crippen LogP contribution in [0, 0.1) is 6.92 Å². The van der Waals surface area contributed by atoms with Crippen molar-refractivity contribution >= 4 is 5.91 Å². The van der Waals surface area contributed by atoms with Crippen molar-refractivity contribution in [1.82, 2.24) is 24.6 Å². The van der Waals surface area contributed by atoms with E-state index in [1.54, 1.807) is 6.20 Å². The van der Waals surface area contributed by atoms with Gasteiger partial charge in [-0.3, -0.25) is 9.48 Å². The van der Waals surface area contributed by atoms with Crippen LogP contribution >= 0.6 is 0 Å². The largest absolute Gasteiger partial charge is 0.347 e. The lowest BCUT2D eigenvalue weighted by Crippen LogP contribution is -2.40. The van der Waals surface area contributed by atoms with E-state index in [0.717, 1.165) is 30.9 Å². The molecule has 0 aromatic carbocycles. The number of hydrogen-bond donors (Lipinski definition) is 1. The van der Waals surface area contributed by atoms with Crippen molar-refractivity contribution in [3.05, 3.63) is 35.7 Å². The molecule has 0 saturated heterocycles. The fourth-order valence-electron chi connectivity index (χ4n) is 3.97. The zero-order valence-electron chi connectivity index (χ0n) is 14.2. The lowest BCUT2D eigenvalue weighted by atomic mass is 9.96. The average Bonchev–Trinajstić information content (AvgIpc) is 3.21. The fraction of sp³-hybridized carbons (Fsp3) is 0.611. The van der Waals surface area contributed by atoms with Gasteiger partial charge in [-0.2, -0.15) is 5.10 Å². The minimum atomic E-state index is -0.0117. The second-order valence-corrected chi connectivity index (χ2v) is 7.16. The van der Waals surface area contributed by atoms with Crippen molar-refractivity contribution in [2.75, 3.05) is 0 Å². The molecule has 1 aliphatic heterocycles. The Hall–Kier alpha value is -2.11. The molecule has 2 aromatic heterocycles. The van der Waals surface area contributed by atoms with Gasteiger partial charge in [0.15, 0.2) is 0 Å². The smallest absolute Gasteiger partial charge is 0.254 e. The molecular formula is C18H25N5O. The van der Waals surface area contributed by atoms with Crippen LogP contribution in [-0.2, 0) is 13.0 Å². The molecule has 3 heterocycles. The predicted molar refractivity (Wildman–Crippen MR) is 90.9 cm³/mol. The van der Waals surface area contributed by atoms with E-state index in [4.69, 9.17) is 0 Å². The van der Waals surface area contributed by atoms with Gasteiger partial charge >= 0.3 is 0 Å². The zero-order valence-corrected chi connectivity index (χ0v) is 14.2. The number of rotatable bonds is 3. The molecule has 4 rings (SSSR count). The summed E-state index contributed by atoms with van der Waals surface area (Å²) in [5.41, 5.74) is 1.72. The van der Waals surface area contributed by atoms with E-state index in [0.29, 0.717) is 11.6 Å². The molecule has 1 unspecified atom stereocenters. The number of hydrogen-bond acceptors (Lipinski definition) is 3. The maximum Gasteiger partial charge on any atom is 0.254 e. The van der Waals surface area contributed by atoms with Crippen LogP contribution in [0.3, 0.4) is 0 Å². The maximum atomic E-state index is 12.5. The number of aryl methyl sites for hydroxylation is 2. The number of nitrogens with zero attached hydrogens (tertiary/aromatic N) is 4. The number of fused-ring (bicyclic) bond motifs is 1. The van der Waals surface area contributed by atoms with Crippen LogP contribution in [0.4, 0.5) is 0 Å². The quantitative estimate of drug-likeness (QED) is 0.942. The number of carbonyl (C=O) groups excluding carboxylic acids is 1. The number of nitrogens with one attached hydrogen (secondary N) is 1. The molecule has 24 heavy (non-hydrogen) atoms. The SMILES string of the molecule is Cc1cn2c(n1)CCC(NC(=O)c1cnn(C3CCCCC3)c1)C2. The highest BCUT2D eigenvalue weighted by molar-refractivity contribution is 5.93. The Bertz CT molecular complexity index is 726. The molecule has 1 atom stereocenters. The van der Waals surface area contributed by atoms with Crippen LogP contribution in [0.5, 0.6) is 0 Å². The van der Waals surface area contributed by atoms with Crippen LogP contribution in [0.15, 0.2) is 18.6 Å². The molecule has 2 aromatic rings. The molecule has 0 bridgehead atoms. The summed E-state index contributed by atoms with van der Waals surface area (Å²) in [4.78, 5) is 17.1. The van der Waals surface area contributed by atoms with E-state index in [-0.39, 0.29) is 11.9 Å². The molecule has 1 fully saturated rings. The Morgan fingerprint density at radius 3 is 2.88 bits per heavy atom. The van der Waals surface area contributed by atoms with Gasteiger partial charge in [0.05, 0.1) is 23.5 Å². The minimum Gasteiger partial charge on any atom is -0.347 e. The van der Waals surface area contributed by atoms with E-state index < -0.39 is 0 Å². The Morgan fingerprint density at radius 2 is 2.04 bits per heavy atom. The van der Waals surface area contributed by atoms with Crippen molar-refractivity contribution in [2.45, 2.75) is 70.5 Å². The monoisotopic (exact) mass is 327 g/mol. The zero-order chi connectivity index (χ0) is 16.5. The Labute approximate surface area is 142 Å². The van der Waals surface area contributed by atoms with Gasteiger partial charge in [-0.15, -0.1) is 0 Å². The highest BCUT2D eigenvalue weighted by atomic mass is 16.1. The third-order valence-corrected chi connectivity index (χ3v) is 5.26. The summed E-state index contributed by atoms with van der Waals surface area (Å²) < 4.78 is 4.15. The summed E-state index contributed by atoms with van der Waals surface area (Å²) in [5.74, 6) is 1.12. The molecule has 1 amide bonds. The minimum absolute atomic E-state index is 0.0117. The molecule has 128 valence electrons. The van der Waals surface area contributed by atoms with Crippen molar-refractivity contribution in [3.8, 4) is 0 Å². The van der Waals surface area contributed by atoms with Crippen LogP contribution in [0.1, 0.15) is 66.4 Å². The second kappa shape index (κ2) is 6.42. The van der Waals surface area contributed by atoms with Crippen LogP contribution in [0.2, 0.25) is 0 Å². The fourth-order valence-corrected chi connectivity index (χ4v) is 3.97. The van der Waals surface area contributed by atoms with Crippen LogP contribution in [-0.4, -0.2) is 31.3 Å². The van der Waals surface area contributed by atoms with E-state index >= 15 is 0 Å². The van der Waals surface area contributed by atoms with E-state index in [9.17, 15) is 4.79 Å². The molecule has 0 radical (unpaired) electrons. The standard InChI is InChI=1S/C18H25N5O/c1-13-10-22-12-15(7-8-17(22)20-13)21-18(24)14-9-19-23(11-14)16-5-3-2-4-6-16/h9-11,15-16H,2-8,12H2,1H3,(H,21,24). The number of amides is 1. The average molecular weight is 327 g/mol. The van der Waals surface area contributed by atoms with Crippen molar-refractivity contribution in [1.29, 1.82) is 0 Å². The van der Waals surface area contributed by atoms with E-state index in [1.807, 2.05) is 17.8 Å². The van der Waals surface area contributed by atoms with Gasteiger partial charge in [0.25, 0.3) is 5.91 Å². The predicted octanol–water partition coefficient (Wildman–Crippen LogP) is 2.64. The number of imidazole rings is 1. The van der Waals surface area contributed by atoms with Gasteiger partial charge in [-0.05, 0) is 26.2 Å². The van der Waals surface area contributed by atoms with E-state index in [1.165, 1.54) is 32.1 Å². The Balaban J connectivity index is 1.39. The number of carbonyl (C=O) groups is 1. The summed E-state index contributed by atoms with van der Waals surface area (Å²) >= 11 is 0. The third-order valence-electron chi connectivity index (χ3n) is 5.26. The summed E-state index contributed by atoms with van der Waals surface area (Å²) in [7, 11) is 0. The molecule has 6 nitrogen and oxygen atoms in total. The molecule has 1 saturated carbocycles. The van der Waals surface area contributed by atoms with Crippen LogP contribution in [0.25, 0.3) is 0 Å². The molecule has 6 heteroatoms. The highest BCUT2D eigenvalue weighted by Crippen LogP contribution is 2.27. The van der Waals surface area contributed by atoms with Gasteiger partial charge in [0.2, 0.25) is 0 Å². The molecular weight excluding hydrogens is 302 g/mol. The molecule has 1 aliphatic carbocycles. The topological polar surface area (TPSA) is 64.7 Å². The lowest BCUT2D eigenvalue weighted by molar-refractivity contribution is 0.0927. The summed E-state index contributed by atoms with van der Waals surface area (Å²) in [5, 5.41) is 7.59. The van der Waals surface area contributed by atoms with Gasteiger partial charge in [-0.1, -0.05) is 19.3 Å². The molecule has 0 spiro atoms. The van der Waals surface area contributed by atoms with Gasteiger partial charge in [-0.25, -0.2) is 4.98 Å². The first-order chi connectivity index (χ1) is 11.7. The normalized spacial score (nSPS) is 21.5.